The van der Waals surface area contributed by atoms with Gasteiger partial charge < -0.3 is 16.4 Å². The summed E-state index contributed by atoms with van der Waals surface area (Å²) in [5.74, 6) is 0.413. The van der Waals surface area contributed by atoms with E-state index in [2.05, 4.69) is 10.6 Å². The lowest BCUT2D eigenvalue weighted by Gasteiger charge is -2.26. The summed E-state index contributed by atoms with van der Waals surface area (Å²) in [5, 5.41) is 6.82. The van der Waals surface area contributed by atoms with Crippen molar-refractivity contribution in [3.8, 4) is 0 Å². The van der Waals surface area contributed by atoms with Crippen LogP contribution in [0.2, 0.25) is 0 Å². The van der Waals surface area contributed by atoms with Crippen LogP contribution < -0.4 is 16.4 Å². The van der Waals surface area contributed by atoms with Crippen LogP contribution in [0.4, 0.5) is 0 Å². The molecule has 1 aliphatic rings. The van der Waals surface area contributed by atoms with Crippen molar-refractivity contribution in [2.24, 2.45) is 5.73 Å². The number of thiocarbonyl (C=S) groups is 1. The lowest BCUT2D eigenvalue weighted by Crippen LogP contribution is -2.51. The van der Waals surface area contributed by atoms with Crippen molar-refractivity contribution in [3.05, 3.63) is 0 Å². The largest absolute Gasteiger partial charge is 0.363 e. The molecule has 0 aromatic carbocycles. The summed E-state index contributed by atoms with van der Waals surface area (Å²) in [4.78, 5) is 0. The highest BCUT2D eigenvalue weighted by Crippen LogP contribution is 2.22. The van der Waals surface area contributed by atoms with Crippen LogP contribution in [0.3, 0.4) is 0 Å². The maximum Gasteiger partial charge on any atom is 0.166 e. The molecule has 5 nitrogen and oxygen atoms in total. The molecule has 0 saturated carbocycles. The number of rotatable bonds is 7. The van der Waals surface area contributed by atoms with Crippen molar-refractivity contribution in [3.63, 3.8) is 0 Å². The van der Waals surface area contributed by atoms with Crippen LogP contribution in [0.15, 0.2) is 0 Å². The van der Waals surface area contributed by atoms with E-state index in [0.29, 0.717) is 11.5 Å². The fourth-order valence-electron chi connectivity index (χ4n) is 2.25. The molecule has 0 radical (unpaired) electrons. The van der Waals surface area contributed by atoms with Crippen molar-refractivity contribution < 1.29 is 8.42 Å². The second-order valence-corrected chi connectivity index (χ2v) is 8.08. The first-order valence-electron chi connectivity index (χ1n) is 6.83. The van der Waals surface area contributed by atoms with E-state index in [4.69, 9.17) is 18.0 Å². The minimum atomic E-state index is -2.90. The van der Waals surface area contributed by atoms with Gasteiger partial charge in [-0.2, -0.15) is 0 Å². The number of hydrogen-bond donors (Lipinski definition) is 3. The Morgan fingerprint density at radius 2 is 2.00 bits per heavy atom. The first kappa shape index (κ1) is 16.7. The van der Waals surface area contributed by atoms with Gasteiger partial charge in [0.05, 0.1) is 17.0 Å². The fraction of sp³-hybridized carbons (Fsp3) is 0.917. The van der Waals surface area contributed by atoms with Gasteiger partial charge in [0.15, 0.2) is 14.9 Å². The molecule has 0 aliphatic carbocycles. The van der Waals surface area contributed by atoms with Gasteiger partial charge in [0, 0.05) is 6.54 Å². The predicted octanol–water partition coefficient (Wildman–Crippen LogP) is 0.547. The predicted molar refractivity (Wildman–Crippen MR) is 82.9 cm³/mol. The Morgan fingerprint density at radius 1 is 1.32 bits per heavy atom. The summed E-state index contributed by atoms with van der Waals surface area (Å²) < 4.78 is 22.9. The standard InChI is InChI=1S/C12H25N3O2S2/c1-12(6-9-19(16,17)10-12)15-11(18)14-8-5-3-2-4-7-13/h2-10,13H2,1H3,(H2,14,15,18). The van der Waals surface area contributed by atoms with Gasteiger partial charge in [-0.1, -0.05) is 12.8 Å². The molecule has 112 valence electrons. The smallest absolute Gasteiger partial charge is 0.166 e. The molecule has 0 bridgehead atoms. The molecular formula is C12H25N3O2S2. The third kappa shape index (κ3) is 6.54. The zero-order chi connectivity index (χ0) is 14.4. The summed E-state index contributed by atoms with van der Waals surface area (Å²) in [6.07, 6.45) is 5.02. The van der Waals surface area contributed by atoms with Crippen molar-refractivity contribution in [2.75, 3.05) is 24.6 Å². The molecular weight excluding hydrogens is 282 g/mol. The third-order valence-electron chi connectivity index (χ3n) is 3.34. The summed E-state index contributed by atoms with van der Waals surface area (Å²) in [6, 6.07) is 0. The van der Waals surface area contributed by atoms with Gasteiger partial charge in [-0.25, -0.2) is 8.42 Å². The summed E-state index contributed by atoms with van der Waals surface area (Å²) in [5.41, 5.74) is 5.01. The van der Waals surface area contributed by atoms with Crippen LogP contribution in [0.25, 0.3) is 0 Å². The molecule has 1 aliphatic heterocycles. The Kier molecular flexibility index (Phi) is 6.49. The normalized spacial score (nSPS) is 25.2. The summed E-state index contributed by atoms with van der Waals surface area (Å²) in [7, 11) is -2.90. The maximum absolute atomic E-state index is 11.5. The van der Waals surface area contributed by atoms with Crippen LogP contribution in [0.5, 0.6) is 0 Å². The van der Waals surface area contributed by atoms with E-state index in [-0.39, 0.29) is 11.5 Å². The SMILES string of the molecule is CC1(NC(=S)NCCCCCCN)CCS(=O)(=O)C1. The summed E-state index contributed by atoms with van der Waals surface area (Å²) >= 11 is 5.20. The maximum atomic E-state index is 11.5. The Balaban J connectivity index is 2.18. The van der Waals surface area contributed by atoms with Gasteiger partial charge in [0.1, 0.15) is 0 Å². The molecule has 1 fully saturated rings. The van der Waals surface area contributed by atoms with Crippen LogP contribution in [-0.2, 0) is 9.84 Å². The quantitative estimate of drug-likeness (QED) is 0.470. The van der Waals surface area contributed by atoms with E-state index >= 15 is 0 Å². The molecule has 1 unspecified atom stereocenters. The van der Waals surface area contributed by atoms with Gasteiger partial charge in [-0.3, -0.25) is 0 Å². The third-order valence-corrected chi connectivity index (χ3v) is 5.48. The average Bonchev–Trinajstić information content (AvgIpc) is 2.57. The van der Waals surface area contributed by atoms with E-state index in [9.17, 15) is 8.42 Å². The number of unbranched alkanes of at least 4 members (excludes halogenated alkanes) is 3. The molecule has 1 saturated heterocycles. The van der Waals surface area contributed by atoms with Crippen molar-refractivity contribution in [1.82, 2.24) is 10.6 Å². The first-order chi connectivity index (χ1) is 8.87. The van der Waals surface area contributed by atoms with Gasteiger partial charge in [0.2, 0.25) is 0 Å². The van der Waals surface area contributed by atoms with E-state index in [0.717, 1.165) is 38.8 Å². The van der Waals surface area contributed by atoms with E-state index in [1.807, 2.05) is 6.92 Å². The average molecular weight is 307 g/mol. The number of sulfone groups is 1. The minimum absolute atomic E-state index is 0.165. The Morgan fingerprint density at radius 3 is 2.58 bits per heavy atom. The highest BCUT2D eigenvalue weighted by atomic mass is 32.2. The molecule has 1 atom stereocenters. The molecule has 0 aromatic heterocycles. The molecule has 0 aromatic rings. The topological polar surface area (TPSA) is 84.2 Å². The monoisotopic (exact) mass is 307 g/mol. The molecule has 1 heterocycles. The lowest BCUT2D eigenvalue weighted by molar-refractivity contribution is 0.467. The van der Waals surface area contributed by atoms with E-state index < -0.39 is 15.4 Å². The Labute approximate surface area is 121 Å². The highest BCUT2D eigenvalue weighted by Gasteiger charge is 2.38. The van der Waals surface area contributed by atoms with Crippen molar-refractivity contribution in [2.45, 2.75) is 44.6 Å². The number of nitrogens with one attached hydrogen (secondary N) is 2. The second kappa shape index (κ2) is 7.40. The van der Waals surface area contributed by atoms with Crippen LogP contribution >= 0.6 is 12.2 Å². The van der Waals surface area contributed by atoms with Gasteiger partial charge in [-0.05, 0) is 44.9 Å². The number of nitrogens with two attached hydrogens (primary N) is 1. The number of hydrogen-bond acceptors (Lipinski definition) is 4. The Hall–Kier alpha value is -0.400. The van der Waals surface area contributed by atoms with Crippen molar-refractivity contribution >= 4 is 27.2 Å². The van der Waals surface area contributed by atoms with Crippen LogP contribution in [0, 0.1) is 0 Å². The van der Waals surface area contributed by atoms with E-state index in [1.54, 1.807) is 0 Å². The molecule has 7 heteroatoms. The molecule has 0 spiro atoms. The molecule has 1 rings (SSSR count). The van der Waals surface area contributed by atoms with Gasteiger partial charge in [0.25, 0.3) is 0 Å². The van der Waals surface area contributed by atoms with E-state index in [1.165, 1.54) is 0 Å². The molecule has 19 heavy (non-hydrogen) atoms. The van der Waals surface area contributed by atoms with Crippen molar-refractivity contribution in [1.29, 1.82) is 0 Å². The zero-order valence-electron chi connectivity index (χ0n) is 11.6. The fourth-order valence-corrected chi connectivity index (χ4v) is 4.69. The molecule has 4 N–H and O–H groups in total. The highest BCUT2D eigenvalue weighted by molar-refractivity contribution is 7.91. The molecule has 0 amide bonds. The van der Waals surface area contributed by atoms with Crippen LogP contribution in [0.1, 0.15) is 39.0 Å². The second-order valence-electron chi connectivity index (χ2n) is 5.49. The van der Waals surface area contributed by atoms with Crippen LogP contribution in [-0.4, -0.2) is 43.7 Å². The zero-order valence-corrected chi connectivity index (χ0v) is 13.2. The first-order valence-corrected chi connectivity index (χ1v) is 9.06. The minimum Gasteiger partial charge on any atom is -0.363 e. The lowest BCUT2D eigenvalue weighted by atomic mass is 10.0. The van der Waals surface area contributed by atoms with Gasteiger partial charge in [-0.15, -0.1) is 0 Å². The Bertz CT molecular complexity index is 398. The van der Waals surface area contributed by atoms with Gasteiger partial charge >= 0.3 is 0 Å². The summed E-state index contributed by atoms with van der Waals surface area (Å²) in [6.45, 7) is 3.48.